The van der Waals surface area contributed by atoms with Crippen LogP contribution in [0.25, 0.3) is 26.7 Å². The molecule has 0 fully saturated rings. The number of thioether (sulfide) groups is 1. The average molecular weight is 485 g/mol. The van der Waals surface area contributed by atoms with Crippen LogP contribution < -0.4 is 5.56 Å². The normalized spacial score (nSPS) is 11.5. The molecule has 0 N–H and O–H groups in total. The van der Waals surface area contributed by atoms with Gasteiger partial charge in [-0.05, 0) is 59.4 Å². The monoisotopic (exact) mass is 484 g/mol. The Labute approximate surface area is 208 Å². The van der Waals surface area contributed by atoms with Crippen LogP contribution >= 0.6 is 23.1 Å². The van der Waals surface area contributed by atoms with E-state index in [2.05, 4.69) is 75.4 Å². The summed E-state index contributed by atoms with van der Waals surface area (Å²) in [7, 11) is 0. The maximum Gasteiger partial charge on any atom is 0.267 e. The third-order valence-corrected chi connectivity index (χ3v) is 8.55. The van der Waals surface area contributed by atoms with Crippen molar-refractivity contribution in [3.63, 3.8) is 0 Å². The number of fused-ring (bicyclic) bond motifs is 2. The Hall–Kier alpha value is -2.89. The molecule has 3 nitrogen and oxygen atoms in total. The molecular weight excluding hydrogens is 456 g/mol. The molecule has 0 bridgehead atoms. The van der Waals surface area contributed by atoms with E-state index in [1.807, 2.05) is 16.7 Å². The topological polar surface area (TPSA) is 34.9 Å². The number of hydrogen-bond donors (Lipinski definition) is 0. The molecule has 5 rings (SSSR count). The summed E-state index contributed by atoms with van der Waals surface area (Å²) in [5, 5.41) is 3.98. The lowest BCUT2D eigenvalue weighted by Gasteiger charge is -2.13. The first-order valence-corrected chi connectivity index (χ1v) is 13.6. The molecule has 172 valence electrons. The SMILES string of the molecule is CCCc1sc2nc(SCc3ccc4ccccc4c3)n(-c3ccc(CC)cc3)c(=O)c2c1C. The van der Waals surface area contributed by atoms with Gasteiger partial charge >= 0.3 is 0 Å². The standard InChI is InChI=1S/C29H28N2OS2/c1-4-8-25-19(3)26-27(34-25)30-29(31(28(26)32)24-15-12-20(5-2)13-16-24)33-18-21-11-14-22-9-6-7-10-23(22)17-21/h6-7,9-17H,4-5,8,18H2,1-3H3. The summed E-state index contributed by atoms with van der Waals surface area (Å²) in [4.78, 5) is 21.0. The number of aromatic nitrogens is 2. The molecule has 34 heavy (non-hydrogen) atoms. The van der Waals surface area contributed by atoms with E-state index in [1.54, 1.807) is 23.1 Å². The van der Waals surface area contributed by atoms with Crippen LogP contribution in [0.5, 0.6) is 0 Å². The van der Waals surface area contributed by atoms with E-state index < -0.39 is 0 Å². The molecule has 0 aliphatic heterocycles. The highest BCUT2D eigenvalue weighted by Gasteiger charge is 2.19. The van der Waals surface area contributed by atoms with Gasteiger partial charge < -0.3 is 0 Å². The van der Waals surface area contributed by atoms with E-state index in [9.17, 15) is 4.79 Å². The van der Waals surface area contributed by atoms with Crippen molar-refractivity contribution in [2.24, 2.45) is 0 Å². The molecule has 2 heterocycles. The van der Waals surface area contributed by atoms with Crippen molar-refractivity contribution in [2.75, 3.05) is 0 Å². The van der Waals surface area contributed by atoms with E-state index in [-0.39, 0.29) is 5.56 Å². The van der Waals surface area contributed by atoms with Gasteiger partial charge in [-0.25, -0.2) is 4.98 Å². The van der Waals surface area contributed by atoms with Gasteiger partial charge in [-0.3, -0.25) is 9.36 Å². The Kier molecular flexibility index (Phi) is 6.57. The molecule has 0 saturated heterocycles. The van der Waals surface area contributed by atoms with E-state index in [4.69, 9.17) is 4.98 Å². The molecule has 0 atom stereocenters. The zero-order chi connectivity index (χ0) is 23.7. The van der Waals surface area contributed by atoms with Crippen molar-refractivity contribution in [1.82, 2.24) is 9.55 Å². The summed E-state index contributed by atoms with van der Waals surface area (Å²) in [5.74, 6) is 0.752. The molecular formula is C29H28N2OS2. The van der Waals surface area contributed by atoms with Gasteiger partial charge in [0.1, 0.15) is 4.83 Å². The van der Waals surface area contributed by atoms with Crippen molar-refractivity contribution < 1.29 is 0 Å². The van der Waals surface area contributed by atoms with Crippen LogP contribution in [0.1, 0.15) is 41.8 Å². The molecule has 0 unspecified atom stereocenters. The van der Waals surface area contributed by atoms with Crippen molar-refractivity contribution in [1.29, 1.82) is 0 Å². The Morgan fingerprint density at radius 1 is 0.941 bits per heavy atom. The largest absolute Gasteiger partial charge is 0.268 e. The van der Waals surface area contributed by atoms with Crippen molar-refractivity contribution in [3.8, 4) is 5.69 Å². The highest BCUT2D eigenvalue weighted by atomic mass is 32.2. The summed E-state index contributed by atoms with van der Waals surface area (Å²) in [6.45, 7) is 6.39. The first kappa shape index (κ1) is 22.9. The molecule has 0 amide bonds. The maximum absolute atomic E-state index is 13.8. The minimum absolute atomic E-state index is 0.0337. The van der Waals surface area contributed by atoms with Crippen LogP contribution in [0.3, 0.4) is 0 Å². The molecule has 5 aromatic rings. The van der Waals surface area contributed by atoms with E-state index in [0.29, 0.717) is 0 Å². The fourth-order valence-electron chi connectivity index (χ4n) is 4.36. The first-order valence-electron chi connectivity index (χ1n) is 11.8. The lowest BCUT2D eigenvalue weighted by Crippen LogP contribution is -2.21. The molecule has 0 saturated carbocycles. The van der Waals surface area contributed by atoms with Gasteiger partial charge in [0.2, 0.25) is 0 Å². The molecule has 5 heteroatoms. The Morgan fingerprint density at radius 3 is 2.41 bits per heavy atom. The van der Waals surface area contributed by atoms with Crippen LogP contribution in [-0.2, 0) is 18.6 Å². The predicted molar refractivity (Wildman–Crippen MR) is 147 cm³/mol. The second kappa shape index (κ2) is 9.77. The number of nitrogens with zero attached hydrogens (tertiary/aromatic N) is 2. The summed E-state index contributed by atoms with van der Waals surface area (Å²) < 4.78 is 1.81. The van der Waals surface area contributed by atoms with Crippen molar-refractivity contribution in [2.45, 2.75) is 50.9 Å². The Bertz CT molecular complexity index is 1530. The minimum atomic E-state index is 0.0337. The second-order valence-electron chi connectivity index (χ2n) is 8.61. The summed E-state index contributed by atoms with van der Waals surface area (Å²) in [6.07, 6.45) is 3.01. The Morgan fingerprint density at radius 2 is 1.68 bits per heavy atom. The third-order valence-electron chi connectivity index (χ3n) is 6.29. The Balaban J connectivity index is 1.60. The number of rotatable bonds is 7. The molecule has 0 spiro atoms. The minimum Gasteiger partial charge on any atom is -0.268 e. The lowest BCUT2D eigenvalue weighted by molar-refractivity contribution is 0.821. The smallest absolute Gasteiger partial charge is 0.267 e. The highest BCUT2D eigenvalue weighted by Crippen LogP contribution is 2.32. The van der Waals surface area contributed by atoms with Gasteiger partial charge in [-0.2, -0.15) is 0 Å². The van der Waals surface area contributed by atoms with Crippen LogP contribution in [0.4, 0.5) is 0 Å². The summed E-state index contributed by atoms with van der Waals surface area (Å²) in [6, 6.07) is 23.3. The number of thiophene rings is 1. The van der Waals surface area contributed by atoms with Crippen molar-refractivity contribution >= 4 is 44.1 Å². The third kappa shape index (κ3) is 4.30. The van der Waals surface area contributed by atoms with Crippen LogP contribution in [0.15, 0.2) is 76.7 Å². The molecule has 0 radical (unpaired) electrons. The first-order chi connectivity index (χ1) is 16.6. The predicted octanol–water partition coefficient (Wildman–Crippen LogP) is 7.72. The van der Waals surface area contributed by atoms with Gasteiger partial charge in [0.15, 0.2) is 5.16 Å². The quantitative estimate of drug-likeness (QED) is 0.175. The fraction of sp³-hybridized carbons (Fsp3) is 0.241. The van der Waals surface area contributed by atoms with Gasteiger partial charge in [-0.1, -0.05) is 86.6 Å². The van der Waals surface area contributed by atoms with Gasteiger partial charge in [0, 0.05) is 10.6 Å². The maximum atomic E-state index is 13.8. The zero-order valence-electron chi connectivity index (χ0n) is 19.8. The van der Waals surface area contributed by atoms with Gasteiger partial charge in [0.25, 0.3) is 5.56 Å². The van der Waals surface area contributed by atoms with E-state index in [0.717, 1.165) is 51.6 Å². The number of aryl methyl sites for hydroxylation is 3. The molecule has 2 aromatic heterocycles. The summed E-state index contributed by atoms with van der Waals surface area (Å²) in [5.41, 5.74) is 4.48. The van der Waals surface area contributed by atoms with E-state index in [1.165, 1.54) is 26.8 Å². The van der Waals surface area contributed by atoms with Crippen molar-refractivity contribution in [3.05, 3.63) is 98.7 Å². The lowest BCUT2D eigenvalue weighted by atomic mass is 10.1. The number of benzene rings is 3. The second-order valence-corrected chi connectivity index (χ2v) is 10.6. The molecule has 0 aliphatic carbocycles. The molecule has 0 aliphatic rings. The number of hydrogen-bond acceptors (Lipinski definition) is 4. The van der Waals surface area contributed by atoms with Gasteiger partial charge in [0.05, 0.1) is 11.1 Å². The van der Waals surface area contributed by atoms with Crippen LogP contribution in [0.2, 0.25) is 0 Å². The van der Waals surface area contributed by atoms with Gasteiger partial charge in [-0.15, -0.1) is 11.3 Å². The molecule has 3 aromatic carbocycles. The average Bonchev–Trinajstić information content (AvgIpc) is 3.18. The fourth-order valence-corrected chi connectivity index (χ4v) is 6.63. The highest BCUT2D eigenvalue weighted by molar-refractivity contribution is 7.98. The summed E-state index contributed by atoms with van der Waals surface area (Å²) >= 11 is 3.30. The van der Waals surface area contributed by atoms with Crippen LogP contribution in [-0.4, -0.2) is 9.55 Å². The van der Waals surface area contributed by atoms with Crippen LogP contribution in [0, 0.1) is 6.92 Å². The zero-order valence-corrected chi connectivity index (χ0v) is 21.4. The van der Waals surface area contributed by atoms with E-state index >= 15 is 0 Å².